The number of hydrogen-bond acceptors (Lipinski definition) is 2. The van der Waals surface area contributed by atoms with Gasteiger partial charge in [-0.15, -0.1) is 0 Å². The van der Waals surface area contributed by atoms with Crippen molar-refractivity contribution >= 4 is 0 Å². The van der Waals surface area contributed by atoms with Crippen molar-refractivity contribution in [2.75, 3.05) is 0 Å². The minimum Gasteiger partial charge on any atom is -0.392 e. The van der Waals surface area contributed by atoms with Crippen LogP contribution in [-0.4, -0.2) is 22.4 Å². The molecule has 0 aliphatic heterocycles. The maximum Gasteiger partial charge on any atom is 0.0670 e. The Morgan fingerprint density at radius 2 is 1.94 bits per heavy atom. The highest BCUT2D eigenvalue weighted by Gasteiger charge is 2.68. The largest absolute Gasteiger partial charge is 0.392 e. The van der Waals surface area contributed by atoms with Crippen molar-refractivity contribution in [2.24, 2.45) is 35.0 Å². The SMILES string of the molecule is C=C1[C@H]2C(O)[C@H]3C(C(C)C)CC[C@]1(C)[C@H]3C2O. The van der Waals surface area contributed by atoms with Crippen molar-refractivity contribution in [3.05, 3.63) is 12.2 Å². The lowest BCUT2D eigenvalue weighted by Gasteiger charge is -2.51. The van der Waals surface area contributed by atoms with Crippen LogP contribution in [0.2, 0.25) is 0 Å². The maximum absolute atomic E-state index is 10.5. The molecule has 2 nitrogen and oxygen atoms in total. The summed E-state index contributed by atoms with van der Waals surface area (Å²) in [5, 5.41) is 20.9. The van der Waals surface area contributed by atoms with Gasteiger partial charge >= 0.3 is 0 Å². The highest BCUT2D eigenvalue weighted by Crippen LogP contribution is 2.68. The quantitative estimate of drug-likeness (QED) is 0.685. The summed E-state index contributed by atoms with van der Waals surface area (Å²) in [6, 6.07) is 0. The summed E-state index contributed by atoms with van der Waals surface area (Å²) < 4.78 is 0. The molecule has 3 aliphatic carbocycles. The topological polar surface area (TPSA) is 40.5 Å². The van der Waals surface area contributed by atoms with E-state index in [9.17, 15) is 10.2 Å². The Bertz CT molecular complexity index is 362. The number of hydrogen-bond donors (Lipinski definition) is 2. The average Bonchev–Trinajstić information content (AvgIpc) is 2.61. The highest BCUT2D eigenvalue weighted by molar-refractivity contribution is 5.33. The molecule has 2 heteroatoms. The molecular formula is C15H24O2. The second-order valence-electron chi connectivity index (χ2n) is 7.00. The Hall–Kier alpha value is -0.340. The molecule has 0 saturated heterocycles. The third-order valence-electron chi connectivity index (χ3n) is 6.13. The maximum atomic E-state index is 10.5. The van der Waals surface area contributed by atoms with E-state index in [4.69, 9.17) is 0 Å². The molecule has 0 aromatic rings. The van der Waals surface area contributed by atoms with Crippen LogP contribution in [0.5, 0.6) is 0 Å². The summed E-state index contributed by atoms with van der Waals surface area (Å²) in [4.78, 5) is 0. The minimum absolute atomic E-state index is 0.0588. The summed E-state index contributed by atoms with van der Waals surface area (Å²) in [5.41, 5.74) is 1.19. The lowest BCUT2D eigenvalue weighted by molar-refractivity contribution is -0.0497. The smallest absolute Gasteiger partial charge is 0.0670 e. The fourth-order valence-electron chi connectivity index (χ4n) is 5.20. The number of aliphatic hydroxyl groups excluding tert-OH is 2. The molecule has 0 spiro atoms. The molecule has 3 rings (SSSR count). The average molecular weight is 236 g/mol. The van der Waals surface area contributed by atoms with Crippen LogP contribution in [0.4, 0.5) is 0 Å². The third-order valence-corrected chi connectivity index (χ3v) is 6.13. The Labute approximate surface area is 104 Å². The summed E-state index contributed by atoms with van der Waals surface area (Å²) in [7, 11) is 0. The van der Waals surface area contributed by atoms with E-state index in [1.54, 1.807) is 0 Å². The minimum atomic E-state index is -0.358. The van der Waals surface area contributed by atoms with Crippen LogP contribution < -0.4 is 0 Å². The van der Waals surface area contributed by atoms with Crippen molar-refractivity contribution < 1.29 is 10.2 Å². The molecule has 0 amide bonds. The van der Waals surface area contributed by atoms with E-state index in [1.165, 1.54) is 6.42 Å². The van der Waals surface area contributed by atoms with E-state index >= 15 is 0 Å². The van der Waals surface area contributed by atoms with Gasteiger partial charge in [-0.3, -0.25) is 0 Å². The van der Waals surface area contributed by atoms with Crippen LogP contribution in [-0.2, 0) is 0 Å². The zero-order valence-corrected chi connectivity index (χ0v) is 11.1. The van der Waals surface area contributed by atoms with E-state index in [0.29, 0.717) is 17.8 Å². The molecule has 3 saturated carbocycles. The fourth-order valence-corrected chi connectivity index (χ4v) is 5.20. The Morgan fingerprint density at radius 1 is 1.29 bits per heavy atom. The van der Waals surface area contributed by atoms with Crippen molar-refractivity contribution in [1.82, 2.24) is 0 Å². The fraction of sp³-hybridized carbons (Fsp3) is 0.867. The zero-order chi connectivity index (χ0) is 12.5. The number of fused-ring (bicyclic) bond motifs is 1. The second kappa shape index (κ2) is 3.36. The normalized spacial score (nSPS) is 56.9. The van der Waals surface area contributed by atoms with Gasteiger partial charge in [0.1, 0.15) is 0 Å². The van der Waals surface area contributed by atoms with E-state index in [0.717, 1.165) is 12.0 Å². The second-order valence-corrected chi connectivity index (χ2v) is 7.00. The predicted octanol–water partition coefficient (Wildman–Crippen LogP) is 2.21. The summed E-state index contributed by atoms with van der Waals surface area (Å²) in [6.45, 7) is 10.9. The van der Waals surface area contributed by atoms with Gasteiger partial charge in [-0.05, 0) is 36.0 Å². The van der Waals surface area contributed by atoms with Gasteiger partial charge in [-0.25, -0.2) is 0 Å². The monoisotopic (exact) mass is 236 g/mol. The standard InChI is InChI=1S/C15H24O2/c1-7(2)9-5-6-15(4)8(3)10-13(16)11(9)12(15)14(10)17/h7,9-14,16-17H,3,5-6H2,1-2,4H3/t9?,10-,11-,12+,13?,14?,15-/m0/s1. The first-order valence-corrected chi connectivity index (χ1v) is 6.95. The third kappa shape index (κ3) is 1.18. The van der Waals surface area contributed by atoms with Gasteiger partial charge in [-0.1, -0.05) is 32.9 Å². The van der Waals surface area contributed by atoms with E-state index < -0.39 is 0 Å². The molecule has 3 aliphatic rings. The van der Waals surface area contributed by atoms with Crippen LogP contribution >= 0.6 is 0 Å². The van der Waals surface area contributed by atoms with Crippen molar-refractivity contribution in [3.63, 3.8) is 0 Å². The first-order chi connectivity index (χ1) is 7.89. The Kier molecular flexibility index (Phi) is 2.32. The molecule has 3 fully saturated rings. The molecule has 2 bridgehead atoms. The molecule has 0 aromatic heterocycles. The van der Waals surface area contributed by atoms with Crippen molar-refractivity contribution in [3.8, 4) is 0 Å². The first-order valence-electron chi connectivity index (χ1n) is 6.95. The molecule has 0 radical (unpaired) electrons. The molecule has 3 unspecified atom stereocenters. The van der Waals surface area contributed by atoms with Gasteiger partial charge in [0.2, 0.25) is 0 Å². The lowest BCUT2D eigenvalue weighted by Crippen LogP contribution is -2.48. The molecule has 17 heavy (non-hydrogen) atoms. The van der Waals surface area contributed by atoms with Gasteiger partial charge < -0.3 is 10.2 Å². The molecule has 2 N–H and O–H groups in total. The van der Waals surface area contributed by atoms with E-state index in [1.807, 2.05) is 0 Å². The first kappa shape index (κ1) is 11.7. The van der Waals surface area contributed by atoms with Gasteiger partial charge in [-0.2, -0.15) is 0 Å². The molecule has 96 valence electrons. The predicted molar refractivity (Wildman–Crippen MR) is 67.3 cm³/mol. The number of rotatable bonds is 1. The van der Waals surface area contributed by atoms with Crippen LogP contribution in [0.25, 0.3) is 0 Å². The van der Waals surface area contributed by atoms with Gasteiger partial charge in [0, 0.05) is 11.8 Å². The van der Waals surface area contributed by atoms with Crippen LogP contribution in [0, 0.1) is 35.0 Å². The molecule has 0 aromatic carbocycles. The van der Waals surface area contributed by atoms with Crippen molar-refractivity contribution in [2.45, 2.75) is 45.8 Å². The molecule has 7 atom stereocenters. The summed E-state index contributed by atoms with van der Waals surface area (Å²) >= 11 is 0. The highest BCUT2D eigenvalue weighted by atomic mass is 16.3. The van der Waals surface area contributed by atoms with E-state index in [2.05, 4.69) is 27.4 Å². The molecular weight excluding hydrogens is 212 g/mol. The summed E-state index contributed by atoms with van der Waals surface area (Å²) in [5.74, 6) is 1.64. The van der Waals surface area contributed by atoms with Crippen LogP contribution in [0.3, 0.4) is 0 Å². The van der Waals surface area contributed by atoms with Crippen LogP contribution in [0.1, 0.15) is 33.6 Å². The van der Waals surface area contributed by atoms with Gasteiger partial charge in [0.15, 0.2) is 0 Å². The van der Waals surface area contributed by atoms with Gasteiger partial charge in [0.25, 0.3) is 0 Å². The number of aliphatic hydroxyl groups is 2. The van der Waals surface area contributed by atoms with Gasteiger partial charge in [0.05, 0.1) is 12.2 Å². The van der Waals surface area contributed by atoms with E-state index in [-0.39, 0.29) is 29.5 Å². The van der Waals surface area contributed by atoms with Crippen LogP contribution in [0.15, 0.2) is 12.2 Å². The molecule has 0 heterocycles. The Morgan fingerprint density at radius 3 is 2.47 bits per heavy atom. The zero-order valence-electron chi connectivity index (χ0n) is 11.1. The Balaban J connectivity index is 2.04. The lowest BCUT2D eigenvalue weighted by atomic mass is 9.54. The summed E-state index contributed by atoms with van der Waals surface area (Å²) in [6.07, 6.45) is 1.60. The van der Waals surface area contributed by atoms with Crippen molar-refractivity contribution in [1.29, 1.82) is 0 Å².